The van der Waals surface area contributed by atoms with Crippen LogP contribution in [0.25, 0.3) is 0 Å². The van der Waals surface area contributed by atoms with Gasteiger partial charge in [-0.2, -0.15) is 4.31 Å². The normalized spacial score (nSPS) is 14.3. The summed E-state index contributed by atoms with van der Waals surface area (Å²) in [6.45, 7) is 2.71. The van der Waals surface area contributed by atoms with Crippen molar-refractivity contribution < 1.29 is 22.7 Å². The highest BCUT2D eigenvalue weighted by Crippen LogP contribution is 2.31. The van der Waals surface area contributed by atoms with Crippen LogP contribution in [0.1, 0.15) is 30.1 Å². The molecule has 0 saturated carbocycles. The van der Waals surface area contributed by atoms with E-state index >= 15 is 0 Å². The van der Waals surface area contributed by atoms with E-state index in [2.05, 4.69) is 10.6 Å². The predicted molar refractivity (Wildman–Crippen MR) is 118 cm³/mol. The highest BCUT2D eigenvalue weighted by Gasteiger charge is 2.30. The van der Waals surface area contributed by atoms with E-state index in [1.165, 1.54) is 22.5 Å². The van der Waals surface area contributed by atoms with E-state index < -0.39 is 21.8 Å². The molecule has 1 aliphatic rings. The van der Waals surface area contributed by atoms with E-state index in [0.717, 1.165) is 12.8 Å². The molecule has 1 fully saturated rings. The molecule has 31 heavy (non-hydrogen) atoms. The second kappa shape index (κ2) is 10.1. The number of hydrogen-bond donors (Lipinski definition) is 2. The van der Waals surface area contributed by atoms with Gasteiger partial charge in [-0.25, -0.2) is 8.42 Å². The summed E-state index contributed by atoms with van der Waals surface area (Å²) < 4.78 is 33.0. The van der Waals surface area contributed by atoms with Gasteiger partial charge >= 0.3 is 0 Å². The van der Waals surface area contributed by atoms with Gasteiger partial charge in [0.2, 0.25) is 15.9 Å². The van der Waals surface area contributed by atoms with Gasteiger partial charge in [0.15, 0.2) is 0 Å². The molecule has 1 saturated heterocycles. The van der Waals surface area contributed by atoms with E-state index in [-0.39, 0.29) is 17.2 Å². The zero-order valence-electron chi connectivity index (χ0n) is 17.1. The molecule has 1 aliphatic heterocycles. The number of anilines is 1. The van der Waals surface area contributed by atoms with Gasteiger partial charge in [0.1, 0.15) is 10.6 Å². The highest BCUT2D eigenvalue weighted by atomic mass is 35.5. The van der Waals surface area contributed by atoms with Crippen LogP contribution in [-0.2, 0) is 14.8 Å². The fourth-order valence-electron chi connectivity index (χ4n) is 3.23. The molecule has 0 bridgehead atoms. The Kier molecular flexibility index (Phi) is 7.53. The Morgan fingerprint density at radius 1 is 1.13 bits per heavy atom. The number of hydrogen-bond acceptors (Lipinski definition) is 5. The fraction of sp³-hybridized carbons (Fsp3) is 0.333. The van der Waals surface area contributed by atoms with Crippen molar-refractivity contribution in [3.63, 3.8) is 0 Å². The lowest BCUT2D eigenvalue weighted by Gasteiger charge is -2.19. The second-order valence-electron chi connectivity index (χ2n) is 6.95. The summed E-state index contributed by atoms with van der Waals surface area (Å²) in [6, 6.07) is 10.8. The summed E-state index contributed by atoms with van der Waals surface area (Å²) in [5.74, 6) is -0.702. The third kappa shape index (κ3) is 5.75. The molecule has 166 valence electrons. The average molecular weight is 466 g/mol. The maximum Gasteiger partial charge on any atom is 0.251 e. The highest BCUT2D eigenvalue weighted by molar-refractivity contribution is 7.89. The first kappa shape index (κ1) is 23.1. The molecule has 0 radical (unpaired) electrons. The lowest BCUT2D eigenvalue weighted by Crippen LogP contribution is -2.33. The maximum absolute atomic E-state index is 13.0. The Balaban J connectivity index is 1.71. The number of sulfonamides is 1. The van der Waals surface area contributed by atoms with E-state index in [1.54, 1.807) is 31.2 Å². The predicted octanol–water partition coefficient (Wildman–Crippen LogP) is 2.89. The topological polar surface area (TPSA) is 105 Å². The number of halogens is 1. The van der Waals surface area contributed by atoms with Crippen molar-refractivity contribution in [2.75, 3.05) is 31.6 Å². The first-order valence-electron chi connectivity index (χ1n) is 9.92. The van der Waals surface area contributed by atoms with Gasteiger partial charge in [-0.05, 0) is 56.2 Å². The SMILES string of the molecule is CCOc1ccc(NC(=O)CNC(=O)c2cccc(Cl)c2)cc1S(=O)(=O)N1CCCC1. The van der Waals surface area contributed by atoms with Crippen molar-refractivity contribution in [2.24, 2.45) is 0 Å². The Morgan fingerprint density at radius 3 is 2.55 bits per heavy atom. The Hall–Kier alpha value is -2.62. The molecule has 0 atom stereocenters. The zero-order chi connectivity index (χ0) is 22.4. The lowest BCUT2D eigenvalue weighted by molar-refractivity contribution is -0.115. The second-order valence-corrected chi connectivity index (χ2v) is 9.29. The molecule has 0 aliphatic carbocycles. The van der Waals surface area contributed by atoms with Gasteiger partial charge in [0, 0.05) is 29.4 Å². The minimum absolute atomic E-state index is 0.0111. The van der Waals surface area contributed by atoms with Crippen LogP contribution >= 0.6 is 11.6 Å². The third-order valence-electron chi connectivity index (χ3n) is 4.71. The van der Waals surface area contributed by atoms with Crippen LogP contribution in [-0.4, -0.2) is 50.8 Å². The van der Waals surface area contributed by atoms with E-state index in [9.17, 15) is 18.0 Å². The lowest BCUT2D eigenvalue weighted by atomic mass is 10.2. The van der Waals surface area contributed by atoms with Crippen molar-refractivity contribution in [3.8, 4) is 5.75 Å². The van der Waals surface area contributed by atoms with Crippen LogP contribution in [0, 0.1) is 0 Å². The van der Waals surface area contributed by atoms with Crippen LogP contribution < -0.4 is 15.4 Å². The smallest absolute Gasteiger partial charge is 0.251 e. The van der Waals surface area contributed by atoms with Gasteiger partial charge in [-0.1, -0.05) is 17.7 Å². The number of ether oxygens (including phenoxy) is 1. The molecule has 10 heteroatoms. The molecular weight excluding hydrogens is 442 g/mol. The number of carbonyl (C=O) groups excluding carboxylic acids is 2. The largest absolute Gasteiger partial charge is 0.492 e. The minimum Gasteiger partial charge on any atom is -0.492 e. The molecule has 0 unspecified atom stereocenters. The van der Waals surface area contributed by atoms with Gasteiger partial charge in [-0.15, -0.1) is 0 Å². The standard InChI is InChI=1S/C21H24ClN3O5S/c1-2-30-18-9-8-17(13-19(18)31(28,29)25-10-3-4-11-25)24-20(26)14-23-21(27)15-6-5-7-16(22)12-15/h5-9,12-13H,2-4,10-11,14H2,1H3,(H,23,27)(H,24,26). The van der Waals surface area contributed by atoms with E-state index in [4.69, 9.17) is 16.3 Å². The molecule has 0 aromatic heterocycles. The molecule has 8 nitrogen and oxygen atoms in total. The Morgan fingerprint density at radius 2 is 1.87 bits per heavy atom. The molecule has 2 aromatic carbocycles. The molecule has 2 amide bonds. The number of rotatable bonds is 8. The summed E-state index contributed by atoms with van der Waals surface area (Å²) in [6.07, 6.45) is 1.62. The van der Waals surface area contributed by atoms with E-state index in [0.29, 0.717) is 36.0 Å². The van der Waals surface area contributed by atoms with Crippen LogP contribution in [0.4, 0.5) is 5.69 Å². The van der Waals surface area contributed by atoms with E-state index in [1.807, 2.05) is 0 Å². The third-order valence-corrected chi connectivity index (χ3v) is 6.86. The number of amides is 2. The van der Waals surface area contributed by atoms with Crippen LogP contribution in [0.5, 0.6) is 5.75 Å². The maximum atomic E-state index is 13.0. The molecule has 2 N–H and O–H groups in total. The average Bonchev–Trinajstić information content (AvgIpc) is 3.29. The first-order valence-corrected chi connectivity index (χ1v) is 11.7. The summed E-state index contributed by atoms with van der Waals surface area (Å²) in [4.78, 5) is 24.5. The van der Waals surface area contributed by atoms with Gasteiger partial charge in [0.05, 0.1) is 13.2 Å². The Labute approximate surface area is 186 Å². The summed E-state index contributed by atoms with van der Waals surface area (Å²) in [5.41, 5.74) is 0.628. The number of carbonyl (C=O) groups is 2. The van der Waals surface area contributed by atoms with Crippen LogP contribution in [0.3, 0.4) is 0 Å². The van der Waals surface area contributed by atoms with Crippen molar-refractivity contribution in [1.29, 1.82) is 0 Å². The molecule has 1 heterocycles. The van der Waals surface area contributed by atoms with Crippen molar-refractivity contribution >= 4 is 39.1 Å². The molecule has 2 aromatic rings. The molecular formula is C21H24ClN3O5S. The fourth-order valence-corrected chi connectivity index (χ4v) is 5.09. The quantitative estimate of drug-likeness (QED) is 0.623. The van der Waals surface area contributed by atoms with Crippen molar-refractivity contribution in [2.45, 2.75) is 24.7 Å². The first-order chi connectivity index (χ1) is 14.8. The van der Waals surface area contributed by atoms with Crippen LogP contribution in [0.15, 0.2) is 47.4 Å². The van der Waals surface area contributed by atoms with Gasteiger partial charge in [0.25, 0.3) is 5.91 Å². The van der Waals surface area contributed by atoms with Crippen molar-refractivity contribution in [1.82, 2.24) is 9.62 Å². The minimum atomic E-state index is -3.74. The molecule has 3 rings (SSSR count). The summed E-state index contributed by atoms with van der Waals surface area (Å²) >= 11 is 5.87. The van der Waals surface area contributed by atoms with Gasteiger partial charge < -0.3 is 15.4 Å². The van der Waals surface area contributed by atoms with Crippen molar-refractivity contribution in [3.05, 3.63) is 53.1 Å². The monoisotopic (exact) mass is 465 g/mol. The Bertz CT molecular complexity index is 1070. The van der Waals surface area contributed by atoms with Gasteiger partial charge in [-0.3, -0.25) is 9.59 Å². The summed E-state index contributed by atoms with van der Waals surface area (Å²) in [5, 5.41) is 5.54. The van der Waals surface area contributed by atoms with Crippen LogP contribution in [0.2, 0.25) is 5.02 Å². The number of benzene rings is 2. The summed E-state index contributed by atoms with van der Waals surface area (Å²) in [7, 11) is -3.74. The number of nitrogens with zero attached hydrogens (tertiary/aromatic N) is 1. The zero-order valence-corrected chi connectivity index (χ0v) is 18.6. The molecule has 0 spiro atoms. The number of nitrogens with one attached hydrogen (secondary N) is 2.